The Balaban J connectivity index is 1.50. The van der Waals surface area contributed by atoms with Crippen molar-refractivity contribution in [1.29, 1.82) is 0 Å². The Morgan fingerprint density at radius 3 is 2.19 bits per heavy atom. The molecule has 0 bridgehead atoms. The van der Waals surface area contributed by atoms with E-state index in [0.29, 0.717) is 30.2 Å². The number of nitrogens with one attached hydrogen (secondary N) is 1. The SMILES string of the molecule is CN(CCNC(=O)Cn1ccc2ccc(-c3cc(C(F)(F)F)cc(C(F)(F)F)c3)cc21)C1CCCCC1. The van der Waals surface area contributed by atoms with Crippen LogP contribution in [0, 0.1) is 0 Å². The summed E-state index contributed by atoms with van der Waals surface area (Å²) in [5.41, 5.74) is -2.21. The standard InChI is InChI=1S/C27H29F6N3O/c1-35(23-5-3-2-4-6-23)12-10-34-25(37)17-36-11-9-18-7-8-19(15-24(18)36)20-13-21(26(28,29)30)16-22(14-20)27(31,32)33/h7-9,11,13-16,23H,2-6,10,12,17H2,1H3,(H,34,37). The lowest BCUT2D eigenvalue weighted by Gasteiger charge is -2.31. The molecule has 2 aromatic carbocycles. The number of carbonyl (C=O) groups is 1. The maximum atomic E-state index is 13.3. The smallest absolute Gasteiger partial charge is 0.353 e. The van der Waals surface area contributed by atoms with Crippen molar-refractivity contribution in [2.75, 3.05) is 20.1 Å². The zero-order chi connectivity index (χ0) is 26.8. The molecule has 0 atom stereocenters. The maximum Gasteiger partial charge on any atom is 0.416 e. The van der Waals surface area contributed by atoms with E-state index >= 15 is 0 Å². The van der Waals surface area contributed by atoms with Crippen molar-refractivity contribution in [3.8, 4) is 11.1 Å². The molecule has 0 unspecified atom stereocenters. The van der Waals surface area contributed by atoms with Gasteiger partial charge in [-0.05, 0) is 66.7 Å². The van der Waals surface area contributed by atoms with Crippen LogP contribution >= 0.6 is 0 Å². The number of hydrogen-bond donors (Lipinski definition) is 1. The molecule has 10 heteroatoms. The molecule has 3 aromatic rings. The number of hydrogen-bond acceptors (Lipinski definition) is 2. The number of carbonyl (C=O) groups excluding carboxylic acids is 1. The van der Waals surface area contributed by atoms with E-state index in [1.807, 2.05) is 0 Å². The normalized spacial score (nSPS) is 15.5. The van der Waals surface area contributed by atoms with Gasteiger partial charge in [0.25, 0.3) is 0 Å². The van der Waals surface area contributed by atoms with Crippen LogP contribution in [0.5, 0.6) is 0 Å². The van der Waals surface area contributed by atoms with Gasteiger partial charge < -0.3 is 14.8 Å². The van der Waals surface area contributed by atoms with Crippen molar-refractivity contribution in [2.24, 2.45) is 0 Å². The van der Waals surface area contributed by atoms with Gasteiger partial charge in [-0.25, -0.2) is 0 Å². The predicted molar refractivity (Wildman–Crippen MR) is 130 cm³/mol. The first kappa shape index (κ1) is 27.0. The van der Waals surface area contributed by atoms with Gasteiger partial charge in [0.05, 0.1) is 11.1 Å². The molecule has 1 N–H and O–H groups in total. The summed E-state index contributed by atoms with van der Waals surface area (Å²) in [5.74, 6) is -0.224. The van der Waals surface area contributed by atoms with Gasteiger partial charge in [0.1, 0.15) is 6.54 Å². The Kier molecular flexibility index (Phi) is 7.87. The van der Waals surface area contributed by atoms with Crippen molar-refractivity contribution in [1.82, 2.24) is 14.8 Å². The minimum Gasteiger partial charge on any atom is -0.353 e. The summed E-state index contributed by atoms with van der Waals surface area (Å²) in [5, 5.41) is 3.62. The molecule has 1 aromatic heterocycles. The summed E-state index contributed by atoms with van der Waals surface area (Å²) in [6.45, 7) is 1.20. The maximum absolute atomic E-state index is 13.3. The topological polar surface area (TPSA) is 37.3 Å². The number of halogens is 6. The summed E-state index contributed by atoms with van der Waals surface area (Å²) in [4.78, 5) is 14.8. The van der Waals surface area contributed by atoms with Crippen LogP contribution in [-0.4, -0.2) is 41.6 Å². The quantitative estimate of drug-likeness (QED) is 0.348. The molecule has 1 fully saturated rings. The summed E-state index contributed by atoms with van der Waals surface area (Å²) < 4.78 is 81.4. The highest BCUT2D eigenvalue weighted by Crippen LogP contribution is 2.39. The molecule has 0 spiro atoms. The molecule has 4 rings (SSSR count). The molecule has 0 saturated heterocycles. The summed E-state index contributed by atoms with van der Waals surface area (Å²) in [6, 6.07) is 8.41. The molecule has 1 heterocycles. The van der Waals surface area contributed by atoms with E-state index in [-0.39, 0.29) is 29.6 Å². The number of alkyl halides is 6. The van der Waals surface area contributed by atoms with E-state index in [0.717, 1.165) is 11.9 Å². The van der Waals surface area contributed by atoms with Crippen LogP contribution in [-0.2, 0) is 23.7 Å². The van der Waals surface area contributed by atoms with E-state index < -0.39 is 23.5 Å². The molecule has 1 aliphatic carbocycles. The van der Waals surface area contributed by atoms with Crippen LogP contribution in [0.25, 0.3) is 22.0 Å². The Morgan fingerprint density at radius 1 is 0.919 bits per heavy atom. The van der Waals surface area contributed by atoms with E-state index in [9.17, 15) is 31.1 Å². The average molecular weight is 526 g/mol. The second kappa shape index (κ2) is 10.8. The highest BCUT2D eigenvalue weighted by atomic mass is 19.4. The number of nitrogens with zero attached hydrogens (tertiary/aromatic N) is 2. The third kappa shape index (κ3) is 6.66. The number of aromatic nitrogens is 1. The van der Waals surface area contributed by atoms with E-state index in [2.05, 4.69) is 17.3 Å². The van der Waals surface area contributed by atoms with Crippen molar-refractivity contribution in [3.63, 3.8) is 0 Å². The van der Waals surface area contributed by atoms with Gasteiger partial charge in [-0.3, -0.25) is 4.79 Å². The fourth-order valence-corrected chi connectivity index (χ4v) is 4.91. The fourth-order valence-electron chi connectivity index (χ4n) is 4.91. The first-order chi connectivity index (χ1) is 17.4. The van der Waals surface area contributed by atoms with Gasteiger partial charge in [-0.1, -0.05) is 31.4 Å². The number of benzene rings is 2. The zero-order valence-electron chi connectivity index (χ0n) is 20.4. The first-order valence-corrected chi connectivity index (χ1v) is 12.3. The van der Waals surface area contributed by atoms with E-state index in [4.69, 9.17) is 0 Å². The Labute approximate surface area is 211 Å². The third-order valence-electron chi connectivity index (χ3n) is 6.99. The number of fused-ring (bicyclic) bond motifs is 1. The van der Waals surface area contributed by atoms with Gasteiger partial charge in [0.15, 0.2) is 0 Å². The minimum absolute atomic E-state index is 0.0174. The first-order valence-electron chi connectivity index (χ1n) is 12.3. The summed E-state index contributed by atoms with van der Waals surface area (Å²) >= 11 is 0. The number of likely N-dealkylation sites (N-methyl/N-ethyl adjacent to an activating group) is 1. The van der Waals surface area contributed by atoms with Gasteiger partial charge in [-0.2, -0.15) is 26.3 Å². The largest absolute Gasteiger partial charge is 0.416 e. The molecule has 1 amide bonds. The fraction of sp³-hybridized carbons (Fsp3) is 0.444. The van der Waals surface area contributed by atoms with Crippen molar-refractivity contribution < 1.29 is 31.1 Å². The van der Waals surface area contributed by atoms with Crippen LogP contribution in [0.1, 0.15) is 43.2 Å². The van der Waals surface area contributed by atoms with Crippen LogP contribution in [0.3, 0.4) is 0 Å². The lowest BCUT2D eigenvalue weighted by Crippen LogP contribution is -2.40. The second-order valence-corrected chi connectivity index (χ2v) is 9.63. The summed E-state index contributed by atoms with van der Waals surface area (Å²) in [6.07, 6.45) is -2.13. The minimum atomic E-state index is -4.93. The van der Waals surface area contributed by atoms with Crippen LogP contribution in [0.15, 0.2) is 48.7 Å². The molecule has 37 heavy (non-hydrogen) atoms. The van der Waals surface area contributed by atoms with E-state index in [1.54, 1.807) is 22.9 Å². The highest BCUT2D eigenvalue weighted by molar-refractivity contribution is 5.87. The lowest BCUT2D eigenvalue weighted by molar-refractivity contribution is -0.143. The molecular weight excluding hydrogens is 496 g/mol. The molecule has 0 aliphatic heterocycles. The molecule has 200 valence electrons. The second-order valence-electron chi connectivity index (χ2n) is 9.63. The summed E-state index contributed by atoms with van der Waals surface area (Å²) in [7, 11) is 2.06. The van der Waals surface area contributed by atoms with E-state index in [1.165, 1.54) is 44.2 Å². The van der Waals surface area contributed by atoms with Crippen molar-refractivity contribution in [2.45, 2.75) is 57.0 Å². The third-order valence-corrected chi connectivity index (χ3v) is 6.99. The Hall–Kier alpha value is -3.01. The monoisotopic (exact) mass is 525 g/mol. The predicted octanol–water partition coefficient (Wildman–Crippen LogP) is 6.73. The highest BCUT2D eigenvalue weighted by Gasteiger charge is 2.37. The van der Waals surface area contributed by atoms with Crippen LogP contribution in [0.4, 0.5) is 26.3 Å². The number of amides is 1. The molecule has 0 radical (unpaired) electrons. The van der Waals surface area contributed by atoms with Crippen LogP contribution < -0.4 is 5.32 Å². The van der Waals surface area contributed by atoms with Gasteiger partial charge >= 0.3 is 12.4 Å². The zero-order valence-corrected chi connectivity index (χ0v) is 20.4. The van der Waals surface area contributed by atoms with Gasteiger partial charge in [0, 0.05) is 30.8 Å². The van der Waals surface area contributed by atoms with Gasteiger partial charge in [0.2, 0.25) is 5.91 Å². The molecule has 1 aliphatic rings. The molecule has 1 saturated carbocycles. The van der Waals surface area contributed by atoms with Crippen molar-refractivity contribution >= 4 is 16.8 Å². The van der Waals surface area contributed by atoms with Crippen molar-refractivity contribution in [3.05, 3.63) is 59.8 Å². The number of rotatable bonds is 7. The van der Waals surface area contributed by atoms with Gasteiger partial charge in [-0.15, -0.1) is 0 Å². The van der Waals surface area contributed by atoms with Crippen LogP contribution in [0.2, 0.25) is 0 Å². The molecular formula is C27H29F6N3O. The lowest BCUT2D eigenvalue weighted by atomic mass is 9.94. The molecule has 4 nitrogen and oxygen atoms in total. The Morgan fingerprint density at radius 2 is 1.57 bits per heavy atom. The average Bonchev–Trinajstić information content (AvgIpc) is 3.25. The Bertz CT molecular complexity index is 1210.